The van der Waals surface area contributed by atoms with Gasteiger partial charge in [-0.15, -0.1) is 0 Å². The van der Waals surface area contributed by atoms with Crippen molar-refractivity contribution in [2.45, 2.75) is 13.0 Å². The minimum atomic E-state index is -0.104. The smallest absolute Gasteiger partial charge is 0.251 e. The molecule has 0 aliphatic rings. The number of hydrogen-bond acceptors (Lipinski definition) is 3. The van der Waals surface area contributed by atoms with Gasteiger partial charge in [0.2, 0.25) is 0 Å². The highest BCUT2D eigenvalue weighted by molar-refractivity contribution is 5.94. The van der Waals surface area contributed by atoms with E-state index in [0.29, 0.717) is 25.1 Å². The molecule has 2 aromatic carbocycles. The van der Waals surface area contributed by atoms with E-state index in [4.69, 9.17) is 4.74 Å². The standard InChI is InChI=1S/C17H19NO3/c1-21-12-14-5-2-6-15(10-14)17(20)18-9-8-13-4-3-7-16(19)11-13/h2-7,10-11,19H,8-9,12H2,1H3,(H,18,20). The van der Waals surface area contributed by atoms with Crippen molar-refractivity contribution < 1.29 is 14.6 Å². The Kier molecular flexibility index (Phi) is 5.35. The Balaban J connectivity index is 1.88. The maximum absolute atomic E-state index is 12.1. The lowest BCUT2D eigenvalue weighted by Gasteiger charge is -2.07. The summed E-state index contributed by atoms with van der Waals surface area (Å²) in [7, 11) is 1.63. The summed E-state index contributed by atoms with van der Waals surface area (Å²) >= 11 is 0. The van der Waals surface area contributed by atoms with Crippen molar-refractivity contribution in [3.63, 3.8) is 0 Å². The van der Waals surface area contributed by atoms with Crippen LogP contribution in [-0.2, 0) is 17.8 Å². The number of carbonyl (C=O) groups is 1. The van der Waals surface area contributed by atoms with Gasteiger partial charge in [0.15, 0.2) is 0 Å². The maximum atomic E-state index is 12.1. The molecule has 4 nitrogen and oxygen atoms in total. The summed E-state index contributed by atoms with van der Waals surface area (Å²) < 4.78 is 5.06. The third-order valence-electron chi connectivity index (χ3n) is 3.11. The zero-order valence-electron chi connectivity index (χ0n) is 12.0. The van der Waals surface area contributed by atoms with E-state index >= 15 is 0 Å². The molecule has 0 unspecified atom stereocenters. The molecule has 0 atom stereocenters. The normalized spacial score (nSPS) is 10.3. The van der Waals surface area contributed by atoms with Crippen LogP contribution in [-0.4, -0.2) is 24.7 Å². The van der Waals surface area contributed by atoms with Crippen LogP contribution < -0.4 is 5.32 Å². The van der Waals surface area contributed by atoms with Crippen LogP contribution >= 0.6 is 0 Å². The Labute approximate surface area is 124 Å². The molecule has 21 heavy (non-hydrogen) atoms. The van der Waals surface area contributed by atoms with Crippen LogP contribution in [0.1, 0.15) is 21.5 Å². The second-order valence-electron chi connectivity index (χ2n) is 4.81. The minimum Gasteiger partial charge on any atom is -0.508 e. The van der Waals surface area contributed by atoms with E-state index in [1.54, 1.807) is 31.4 Å². The SMILES string of the molecule is COCc1cccc(C(=O)NCCc2cccc(O)c2)c1. The first-order chi connectivity index (χ1) is 10.2. The van der Waals surface area contributed by atoms with Crippen molar-refractivity contribution in [3.8, 4) is 5.75 Å². The molecule has 0 fully saturated rings. The zero-order chi connectivity index (χ0) is 15.1. The van der Waals surface area contributed by atoms with Gasteiger partial charge in [0, 0.05) is 19.2 Å². The van der Waals surface area contributed by atoms with E-state index in [-0.39, 0.29) is 11.7 Å². The van der Waals surface area contributed by atoms with Gasteiger partial charge in [-0.25, -0.2) is 0 Å². The van der Waals surface area contributed by atoms with Gasteiger partial charge in [-0.1, -0.05) is 24.3 Å². The molecule has 2 N–H and O–H groups in total. The average molecular weight is 285 g/mol. The monoisotopic (exact) mass is 285 g/mol. The van der Waals surface area contributed by atoms with Crippen molar-refractivity contribution in [1.82, 2.24) is 5.32 Å². The summed E-state index contributed by atoms with van der Waals surface area (Å²) in [6, 6.07) is 14.4. The molecule has 110 valence electrons. The third kappa shape index (κ3) is 4.61. The summed E-state index contributed by atoms with van der Waals surface area (Å²) in [5, 5.41) is 12.3. The van der Waals surface area contributed by atoms with Crippen molar-refractivity contribution in [1.29, 1.82) is 0 Å². The number of phenols is 1. The van der Waals surface area contributed by atoms with E-state index in [1.165, 1.54) is 0 Å². The predicted octanol–water partition coefficient (Wildman–Crippen LogP) is 2.51. The molecular formula is C17H19NO3. The number of rotatable bonds is 6. The molecule has 0 saturated carbocycles. The summed E-state index contributed by atoms with van der Waals surface area (Å²) in [6.45, 7) is 1.02. The number of amides is 1. The molecule has 4 heteroatoms. The van der Waals surface area contributed by atoms with Crippen molar-refractivity contribution >= 4 is 5.91 Å². The lowest BCUT2D eigenvalue weighted by atomic mass is 10.1. The molecule has 2 rings (SSSR count). The molecular weight excluding hydrogens is 266 g/mol. The molecule has 0 aliphatic heterocycles. The average Bonchev–Trinajstić information content (AvgIpc) is 2.48. The Morgan fingerprint density at radius 3 is 2.67 bits per heavy atom. The molecule has 1 amide bonds. The van der Waals surface area contributed by atoms with Gasteiger partial charge in [-0.2, -0.15) is 0 Å². The predicted molar refractivity (Wildman–Crippen MR) is 81.3 cm³/mol. The Morgan fingerprint density at radius 1 is 1.14 bits per heavy atom. The van der Waals surface area contributed by atoms with Gasteiger partial charge >= 0.3 is 0 Å². The highest BCUT2D eigenvalue weighted by atomic mass is 16.5. The van der Waals surface area contributed by atoms with Crippen LogP contribution in [0.2, 0.25) is 0 Å². The van der Waals surface area contributed by atoms with Gasteiger partial charge in [0.05, 0.1) is 6.61 Å². The number of nitrogens with one attached hydrogen (secondary N) is 1. The van der Waals surface area contributed by atoms with E-state index in [2.05, 4.69) is 5.32 Å². The van der Waals surface area contributed by atoms with Crippen molar-refractivity contribution in [2.75, 3.05) is 13.7 Å². The number of benzene rings is 2. The summed E-state index contributed by atoms with van der Waals surface area (Å²) in [4.78, 5) is 12.1. The number of phenolic OH excluding ortho intramolecular Hbond substituents is 1. The van der Waals surface area contributed by atoms with Gasteiger partial charge in [0.1, 0.15) is 5.75 Å². The first kappa shape index (κ1) is 15.1. The van der Waals surface area contributed by atoms with Crippen LogP contribution in [0.3, 0.4) is 0 Å². The van der Waals surface area contributed by atoms with Gasteiger partial charge in [0.25, 0.3) is 5.91 Å². The molecule has 0 bridgehead atoms. The van der Waals surface area contributed by atoms with Crippen LogP contribution in [0.15, 0.2) is 48.5 Å². The highest BCUT2D eigenvalue weighted by Gasteiger charge is 2.05. The molecule has 0 saturated heterocycles. The number of aromatic hydroxyl groups is 1. The van der Waals surface area contributed by atoms with Gasteiger partial charge < -0.3 is 15.2 Å². The van der Waals surface area contributed by atoms with Crippen LogP contribution in [0.25, 0.3) is 0 Å². The van der Waals surface area contributed by atoms with E-state index in [1.807, 2.05) is 24.3 Å². The third-order valence-corrected chi connectivity index (χ3v) is 3.11. The van der Waals surface area contributed by atoms with E-state index < -0.39 is 0 Å². The fourth-order valence-corrected chi connectivity index (χ4v) is 2.10. The Hall–Kier alpha value is -2.33. The minimum absolute atomic E-state index is 0.104. The van der Waals surface area contributed by atoms with E-state index in [0.717, 1.165) is 11.1 Å². The van der Waals surface area contributed by atoms with Crippen molar-refractivity contribution in [2.24, 2.45) is 0 Å². The molecule has 0 spiro atoms. The Morgan fingerprint density at radius 2 is 1.90 bits per heavy atom. The second kappa shape index (κ2) is 7.45. The van der Waals surface area contributed by atoms with Crippen LogP contribution in [0.4, 0.5) is 0 Å². The fourth-order valence-electron chi connectivity index (χ4n) is 2.10. The summed E-state index contributed by atoms with van der Waals surface area (Å²) in [5.74, 6) is 0.138. The first-order valence-corrected chi connectivity index (χ1v) is 6.83. The zero-order valence-corrected chi connectivity index (χ0v) is 12.0. The summed E-state index contributed by atoms with van der Waals surface area (Å²) in [6.07, 6.45) is 0.678. The molecule has 0 heterocycles. The number of ether oxygens (including phenoxy) is 1. The highest BCUT2D eigenvalue weighted by Crippen LogP contribution is 2.11. The number of methoxy groups -OCH3 is 1. The number of hydrogen-bond donors (Lipinski definition) is 2. The topological polar surface area (TPSA) is 58.6 Å². The maximum Gasteiger partial charge on any atom is 0.251 e. The molecule has 0 aliphatic carbocycles. The quantitative estimate of drug-likeness (QED) is 0.857. The van der Waals surface area contributed by atoms with Crippen LogP contribution in [0, 0.1) is 0 Å². The van der Waals surface area contributed by atoms with Gasteiger partial charge in [-0.05, 0) is 41.8 Å². The lowest BCUT2D eigenvalue weighted by molar-refractivity contribution is 0.0954. The second-order valence-corrected chi connectivity index (χ2v) is 4.81. The molecule has 0 aromatic heterocycles. The Bertz CT molecular complexity index is 610. The summed E-state index contributed by atoms with van der Waals surface area (Å²) in [5.41, 5.74) is 2.59. The largest absolute Gasteiger partial charge is 0.508 e. The molecule has 0 radical (unpaired) electrons. The lowest BCUT2D eigenvalue weighted by Crippen LogP contribution is -2.25. The number of carbonyl (C=O) groups excluding carboxylic acids is 1. The fraction of sp³-hybridized carbons (Fsp3) is 0.235. The van der Waals surface area contributed by atoms with E-state index in [9.17, 15) is 9.90 Å². The first-order valence-electron chi connectivity index (χ1n) is 6.83. The van der Waals surface area contributed by atoms with Crippen LogP contribution in [0.5, 0.6) is 5.75 Å². The molecule has 2 aromatic rings. The van der Waals surface area contributed by atoms with Gasteiger partial charge in [-0.3, -0.25) is 4.79 Å². The van der Waals surface area contributed by atoms with Crippen molar-refractivity contribution in [3.05, 3.63) is 65.2 Å².